The van der Waals surface area contributed by atoms with E-state index in [4.69, 9.17) is 4.74 Å². The van der Waals surface area contributed by atoms with Gasteiger partial charge in [0.15, 0.2) is 0 Å². The fraction of sp³-hybridized carbons (Fsp3) is 0.429. The summed E-state index contributed by atoms with van der Waals surface area (Å²) in [4.78, 5) is 9.10. The van der Waals surface area contributed by atoms with E-state index in [1.165, 1.54) is 0 Å². The first kappa shape index (κ1) is 11.4. The van der Waals surface area contributed by atoms with Crippen molar-refractivity contribution >= 4 is 11.0 Å². The van der Waals surface area contributed by atoms with E-state index < -0.39 is 0 Å². The molecule has 0 unspecified atom stereocenters. The van der Waals surface area contributed by atoms with Gasteiger partial charge >= 0.3 is 0 Å². The lowest BCUT2D eigenvalue weighted by Crippen LogP contribution is -2.34. The number of aromatic nitrogens is 2. The highest BCUT2D eigenvalue weighted by Crippen LogP contribution is 2.20. The van der Waals surface area contributed by atoms with Crippen LogP contribution in [0.1, 0.15) is 18.5 Å². The van der Waals surface area contributed by atoms with Gasteiger partial charge in [0.2, 0.25) is 5.88 Å². The molecule has 1 aliphatic rings. The van der Waals surface area contributed by atoms with Gasteiger partial charge in [0.05, 0.1) is 11.0 Å². The van der Waals surface area contributed by atoms with Gasteiger partial charge in [-0.2, -0.15) is 0 Å². The number of hydrogen-bond donors (Lipinski definition) is 1. The molecule has 3 rings (SSSR count). The Hall–Kier alpha value is -1.68. The van der Waals surface area contributed by atoms with Gasteiger partial charge in [0, 0.05) is 0 Å². The maximum Gasteiger partial charge on any atom is 0.236 e. The Morgan fingerprint density at radius 2 is 1.78 bits per heavy atom. The largest absolute Gasteiger partial charge is 0.473 e. The van der Waals surface area contributed by atoms with Gasteiger partial charge in [-0.25, -0.2) is 9.97 Å². The molecule has 0 spiro atoms. The summed E-state index contributed by atoms with van der Waals surface area (Å²) in [5.74, 6) is 0.681. The molecule has 0 aliphatic carbocycles. The Bertz CT molecular complexity index is 550. The molecule has 18 heavy (non-hydrogen) atoms. The second-order valence-electron chi connectivity index (χ2n) is 4.67. The van der Waals surface area contributed by atoms with Crippen molar-refractivity contribution in [3.8, 4) is 5.88 Å². The Balaban J connectivity index is 1.88. The van der Waals surface area contributed by atoms with Crippen LogP contribution in [-0.2, 0) is 0 Å². The van der Waals surface area contributed by atoms with Gasteiger partial charge < -0.3 is 10.1 Å². The van der Waals surface area contributed by atoms with Crippen LogP contribution in [-0.4, -0.2) is 29.2 Å². The quantitative estimate of drug-likeness (QED) is 0.877. The molecule has 2 aromatic rings. The van der Waals surface area contributed by atoms with E-state index in [1.54, 1.807) is 0 Å². The van der Waals surface area contributed by atoms with E-state index in [2.05, 4.69) is 15.3 Å². The third kappa shape index (κ3) is 2.29. The molecule has 2 heterocycles. The molecule has 0 saturated carbocycles. The third-order valence-corrected chi connectivity index (χ3v) is 3.27. The maximum atomic E-state index is 5.98. The van der Waals surface area contributed by atoms with Crippen LogP contribution < -0.4 is 10.1 Å². The highest BCUT2D eigenvalue weighted by molar-refractivity contribution is 5.74. The van der Waals surface area contributed by atoms with Gasteiger partial charge in [0.1, 0.15) is 11.8 Å². The predicted octanol–water partition coefficient (Wildman–Crippen LogP) is 2.07. The van der Waals surface area contributed by atoms with E-state index in [0.29, 0.717) is 5.88 Å². The van der Waals surface area contributed by atoms with Crippen LogP contribution in [0.25, 0.3) is 11.0 Å². The smallest absolute Gasteiger partial charge is 0.236 e. The molecule has 1 aromatic heterocycles. The summed E-state index contributed by atoms with van der Waals surface area (Å²) in [5.41, 5.74) is 2.69. The van der Waals surface area contributed by atoms with Crippen molar-refractivity contribution in [3.63, 3.8) is 0 Å². The Labute approximate surface area is 106 Å². The Morgan fingerprint density at radius 3 is 2.50 bits per heavy atom. The summed E-state index contributed by atoms with van der Waals surface area (Å²) in [6.07, 6.45) is 2.34. The molecule has 0 atom stereocenters. The zero-order valence-corrected chi connectivity index (χ0v) is 10.5. The minimum absolute atomic E-state index is 0.264. The lowest BCUT2D eigenvalue weighted by Gasteiger charge is -2.23. The number of aryl methyl sites for hydroxylation is 1. The normalized spacial score (nSPS) is 16.9. The lowest BCUT2D eigenvalue weighted by atomic mass is 10.1. The zero-order chi connectivity index (χ0) is 12.4. The molecule has 1 N–H and O–H groups in total. The van der Waals surface area contributed by atoms with Gasteiger partial charge in [0.25, 0.3) is 0 Å². The van der Waals surface area contributed by atoms with Crippen molar-refractivity contribution in [2.75, 3.05) is 13.1 Å². The SMILES string of the molecule is Cc1nc2ccccc2nc1OC1CCNCC1. The standard InChI is InChI=1S/C14H17N3O/c1-10-14(18-11-6-8-15-9-7-11)17-13-5-3-2-4-12(13)16-10/h2-5,11,15H,6-9H2,1H3. The minimum Gasteiger partial charge on any atom is -0.473 e. The number of para-hydroxylation sites is 2. The summed E-state index contributed by atoms with van der Waals surface area (Å²) >= 11 is 0. The molecule has 0 amide bonds. The number of ether oxygens (including phenoxy) is 1. The van der Waals surface area contributed by atoms with Crippen LogP contribution in [0.3, 0.4) is 0 Å². The van der Waals surface area contributed by atoms with Gasteiger partial charge in [-0.1, -0.05) is 12.1 Å². The van der Waals surface area contributed by atoms with Crippen molar-refractivity contribution in [3.05, 3.63) is 30.0 Å². The zero-order valence-electron chi connectivity index (χ0n) is 10.5. The van der Waals surface area contributed by atoms with E-state index in [0.717, 1.165) is 42.7 Å². The van der Waals surface area contributed by atoms with Crippen LogP contribution in [0.5, 0.6) is 5.88 Å². The van der Waals surface area contributed by atoms with Crippen LogP contribution in [0.15, 0.2) is 24.3 Å². The molecule has 1 fully saturated rings. The lowest BCUT2D eigenvalue weighted by molar-refractivity contribution is 0.154. The average Bonchev–Trinajstić information content (AvgIpc) is 2.41. The number of nitrogens with zero attached hydrogens (tertiary/aromatic N) is 2. The van der Waals surface area contributed by atoms with Crippen LogP contribution in [0.2, 0.25) is 0 Å². The fourth-order valence-electron chi connectivity index (χ4n) is 2.25. The summed E-state index contributed by atoms with van der Waals surface area (Å²) in [7, 11) is 0. The second-order valence-corrected chi connectivity index (χ2v) is 4.67. The van der Waals surface area contributed by atoms with E-state index >= 15 is 0 Å². The van der Waals surface area contributed by atoms with E-state index in [9.17, 15) is 0 Å². The summed E-state index contributed by atoms with van der Waals surface area (Å²) in [6.45, 7) is 3.99. The summed E-state index contributed by atoms with van der Waals surface area (Å²) in [6, 6.07) is 7.89. The Kier molecular flexibility index (Phi) is 3.11. The maximum absolute atomic E-state index is 5.98. The summed E-state index contributed by atoms with van der Waals surface area (Å²) in [5, 5.41) is 3.33. The molecule has 1 aliphatic heterocycles. The van der Waals surface area contributed by atoms with E-state index in [-0.39, 0.29) is 6.10 Å². The monoisotopic (exact) mass is 243 g/mol. The molecule has 4 heteroatoms. The highest BCUT2D eigenvalue weighted by atomic mass is 16.5. The Morgan fingerprint density at radius 1 is 1.11 bits per heavy atom. The van der Waals surface area contributed by atoms with Crippen molar-refractivity contribution < 1.29 is 4.74 Å². The topological polar surface area (TPSA) is 47.0 Å². The molecule has 1 aromatic carbocycles. The van der Waals surface area contributed by atoms with Gasteiger partial charge in [-0.05, 0) is 45.0 Å². The molecule has 0 bridgehead atoms. The van der Waals surface area contributed by atoms with Crippen LogP contribution in [0.4, 0.5) is 0 Å². The van der Waals surface area contributed by atoms with Crippen molar-refractivity contribution in [1.82, 2.24) is 15.3 Å². The number of rotatable bonds is 2. The van der Waals surface area contributed by atoms with Crippen molar-refractivity contribution in [2.24, 2.45) is 0 Å². The molecular weight excluding hydrogens is 226 g/mol. The number of benzene rings is 1. The molecular formula is C14H17N3O. The number of hydrogen-bond acceptors (Lipinski definition) is 4. The number of nitrogens with one attached hydrogen (secondary N) is 1. The fourth-order valence-corrected chi connectivity index (χ4v) is 2.25. The first-order valence-corrected chi connectivity index (χ1v) is 6.44. The van der Waals surface area contributed by atoms with Crippen molar-refractivity contribution in [1.29, 1.82) is 0 Å². The molecule has 94 valence electrons. The molecule has 4 nitrogen and oxygen atoms in total. The summed E-state index contributed by atoms with van der Waals surface area (Å²) < 4.78 is 5.98. The van der Waals surface area contributed by atoms with Crippen LogP contribution >= 0.6 is 0 Å². The second kappa shape index (κ2) is 4.90. The predicted molar refractivity (Wildman–Crippen MR) is 70.8 cm³/mol. The van der Waals surface area contributed by atoms with Gasteiger partial charge in [-0.3, -0.25) is 0 Å². The van der Waals surface area contributed by atoms with Gasteiger partial charge in [-0.15, -0.1) is 0 Å². The third-order valence-electron chi connectivity index (χ3n) is 3.27. The number of fused-ring (bicyclic) bond motifs is 1. The minimum atomic E-state index is 0.264. The average molecular weight is 243 g/mol. The first-order chi connectivity index (χ1) is 8.83. The van der Waals surface area contributed by atoms with E-state index in [1.807, 2.05) is 31.2 Å². The number of piperidine rings is 1. The van der Waals surface area contributed by atoms with Crippen molar-refractivity contribution in [2.45, 2.75) is 25.9 Å². The highest BCUT2D eigenvalue weighted by Gasteiger charge is 2.16. The molecule has 0 radical (unpaired) electrons. The molecule has 1 saturated heterocycles. The first-order valence-electron chi connectivity index (χ1n) is 6.44. The van der Waals surface area contributed by atoms with Crippen LogP contribution in [0, 0.1) is 6.92 Å².